The highest BCUT2D eigenvalue weighted by Gasteiger charge is 2.14. The number of methoxy groups -OCH3 is 1. The van der Waals surface area contributed by atoms with E-state index in [9.17, 15) is 4.79 Å². The van der Waals surface area contributed by atoms with Gasteiger partial charge in [-0.2, -0.15) is 0 Å². The van der Waals surface area contributed by atoms with Crippen LogP contribution in [0.2, 0.25) is 5.02 Å². The van der Waals surface area contributed by atoms with Crippen LogP contribution < -0.4 is 20.5 Å². The Morgan fingerprint density at radius 1 is 1.27 bits per heavy atom. The van der Waals surface area contributed by atoms with Crippen LogP contribution in [0.25, 0.3) is 0 Å². The van der Waals surface area contributed by atoms with Crippen molar-refractivity contribution in [1.82, 2.24) is 0 Å². The van der Waals surface area contributed by atoms with Crippen molar-refractivity contribution < 1.29 is 14.3 Å². The van der Waals surface area contributed by atoms with E-state index in [2.05, 4.69) is 5.32 Å². The molecule has 0 bridgehead atoms. The Bertz CT molecular complexity index is 689. The second-order valence-electron chi connectivity index (χ2n) is 4.48. The van der Waals surface area contributed by atoms with Gasteiger partial charge in [0.1, 0.15) is 11.5 Å². The summed E-state index contributed by atoms with van der Waals surface area (Å²) in [5, 5.41) is 3.19. The molecule has 116 valence electrons. The number of nitrogens with one attached hydrogen (secondary N) is 1. The van der Waals surface area contributed by atoms with Gasteiger partial charge in [0.2, 0.25) is 0 Å². The molecule has 0 saturated heterocycles. The van der Waals surface area contributed by atoms with Crippen LogP contribution in [0, 0.1) is 0 Å². The third-order valence-corrected chi connectivity index (χ3v) is 3.22. The number of carbonyl (C=O) groups is 1. The molecular formula is C16H17ClN2O3. The molecule has 0 spiro atoms. The summed E-state index contributed by atoms with van der Waals surface area (Å²) in [4.78, 5) is 12.4. The zero-order chi connectivity index (χ0) is 16.1. The number of carbonyl (C=O) groups excluding carboxylic acids is 1. The van der Waals surface area contributed by atoms with E-state index in [0.29, 0.717) is 40.1 Å². The number of rotatable bonds is 5. The summed E-state index contributed by atoms with van der Waals surface area (Å²) in [6.45, 7) is 2.43. The van der Waals surface area contributed by atoms with Crippen molar-refractivity contribution in [3.05, 3.63) is 47.0 Å². The monoisotopic (exact) mass is 320 g/mol. The SMILES string of the molecule is CCOc1ccc(NC(=O)c2cc(Cl)ccc2OC)c(N)c1. The van der Waals surface area contributed by atoms with Gasteiger partial charge in [-0.25, -0.2) is 0 Å². The number of amides is 1. The van der Waals surface area contributed by atoms with Crippen LogP contribution in [0.1, 0.15) is 17.3 Å². The lowest BCUT2D eigenvalue weighted by Gasteiger charge is -2.12. The molecule has 2 aromatic rings. The summed E-state index contributed by atoms with van der Waals surface area (Å²) in [7, 11) is 1.49. The summed E-state index contributed by atoms with van der Waals surface area (Å²) in [5.41, 5.74) is 7.18. The third kappa shape index (κ3) is 3.62. The number of ether oxygens (including phenoxy) is 2. The van der Waals surface area contributed by atoms with Crippen LogP contribution in [0.5, 0.6) is 11.5 Å². The average Bonchev–Trinajstić information content (AvgIpc) is 2.50. The van der Waals surface area contributed by atoms with E-state index in [1.165, 1.54) is 7.11 Å². The van der Waals surface area contributed by atoms with Crippen molar-refractivity contribution in [3.63, 3.8) is 0 Å². The zero-order valence-electron chi connectivity index (χ0n) is 12.4. The van der Waals surface area contributed by atoms with E-state index >= 15 is 0 Å². The van der Waals surface area contributed by atoms with Crippen molar-refractivity contribution in [2.75, 3.05) is 24.8 Å². The highest BCUT2D eigenvalue weighted by atomic mass is 35.5. The molecule has 3 N–H and O–H groups in total. The van der Waals surface area contributed by atoms with Gasteiger partial charge in [-0.1, -0.05) is 11.6 Å². The number of hydrogen-bond acceptors (Lipinski definition) is 4. The third-order valence-electron chi connectivity index (χ3n) is 2.99. The Balaban J connectivity index is 2.24. The molecule has 0 aromatic heterocycles. The van der Waals surface area contributed by atoms with E-state index in [0.717, 1.165) is 0 Å². The summed E-state index contributed by atoms with van der Waals surface area (Å²) in [6.07, 6.45) is 0. The predicted octanol–water partition coefficient (Wildman–Crippen LogP) is 3.58. The topological polar surface area (TPSA) is 73.6 Å². The van der Waals surface area contributed by atoms with E-state index < -0.39 is 0 Å². The Morgan fingerprint density at radius 3 is 2.68 bits per heavy atom. The van der Waals surface area contributed by atoms with Gasteiger partial charge in [0.05, 0.1) is 30.7 Å². The molecule has 1 amide bonds. The van der Waals surface area contributed by atoms with Crippen LogP contribution in [0.4, 0.5) is 11.4 Å². The number of benzene rings is 2. The van der Waals surface area contributed by atoms with Crippen molar-refractivity contribution >= 4 is 28.9 Å². The summed E-state index contributed by atoms with van der Waals surface area (Å²) < 4.78 is 10.5. The smallest absolute Gasteiger partial charge is 0.259 e. The zero-order valence-corrected chi connectivity index (χ0v) is 13.1. The Labute approximate surface area is 134 Å². The van der Waals surface area contributed by atoms with Crippen LogP contribution in [0.15, 0.2) is 36.4 Å². The van der Waals surface area contributed by atoms with E-state index in [4.69, 9.17) is 26.8 Å². The van der Waals surface area contributed by atoms with Gasteiger partial charge in [0.25, 0.3) is 5.91 Å². The van der Waals surface area contributed by atoms with E-state index in [-0.39, 0.29) is 5.91 Å². The minimum absolute atomic E-state index is 0.336. The first-order chi connectivity index (χ1) is 10.5. The highest BCUT2D eigenvalue weighted by molar-refractivity contribution is 6.31. The maximum atomic E-state index is 12.4. The number of hydrogen-bond donors (Lipinski definition) is 2. The Hall–Kier alpha value is -2.40. The molecule has 0 radical (unpaired) electrons. The van der Waals surface area contributed by atoms with Gasteiger partial charge in [-0.15, -0.1) is 0 Å². The lowest BCUT2D eigenvalue weighted by molar-refractivity contribution is 0.102. The molecule has 6 heteroatoms. The molecule has 0 aliphatic rings. The second kappa shape index (κ2) is 7.04. The standard InChI is InChI=1S/C16H17ClN2O3/c1-3-22-11-5-6-14(13(18)9-11)19-16(20)12-8-10(17)4-7-15(12)21-2/h4-9H,3,18H2,1-2H3,(H,19,20). The summed E-state index contributed by atoms with van der Waals surface area (Å²) in [6, 6.07) is 9.93. The molecule has 2 rings (SSSR count). The highest BCUT2D eigenvalue weighted by Crippen LogP contribution is 2.27. The molecule has 0 aliphatic heterocycles. The number of halogens is 1. The van der Waals surface area contributed by atoms with Crippen molar-refractivity contribution in [2.24, 2.45) is 0 Å². The van der Waals surface area contributed by atoms with Crippen molar-refractivity contribution in [3.8, 4) is 11.5 Å². The van der Waals surface area contributed by atoms with Crippen LogP contribution in [-0.2, 0) is 0 Å². The minimum atomic E-state index is -0.352. The Kier molecular flexibility index (Phi) is 5.12. The molecule has 0 fully saturated rings. The normalized spacial score (nSPS) is 10.1. The van der Waals surface area contributed by atoms with Gasteiger partial charge < -0.3 is 20.5 Å². The number of anilines is 2. The van der Waals surface area contributed by atoms with Gasteiger partial charge in [-0.3, -0.25) is 4.79 Å². The molecule has 0 atom stereocenters. The van der Waals surface area contributed by atoms with Crippen LogP contribution in [0.3, 0.4) is 0 Å². The maximum Gasteiger partial charge on any atom is 0.259 e. The lowest BCUT2D eigenvalue weighted by atomic mass is 10.1. The largest absolute Gasteiger partial charge is 0.496 e. The Morgan fingerprint density at radius 2 is 2.05 bits per heavy atom. The van der Waals surface area contributed by atoms with Crippen LogP contribution >= 0.6 is 11.6 Å². The summed E-state index contributed by atoms with van der Waals surface area (Å²) >= 11 is 5.93. The molecule has 0 saturated carbocycles. The molecule has 0 heterocycles. The first-order valence-electron chi connectivity index (χ1n) is 6.72. The molecule has 2 aromatic carbocycles. The average molecular weight is 321 g/mol. The first kappa shape index (κ1) is 16.0. The van der Waals surface area contributed by atoms with Crippen molar-refractivity contribution in [1.29, 1.82) is 0 Å². The first-order valence-corrected chi connectivity index (χ1v) is 7.10. The fourth-order valence-corrected chi connectivity index (χ4v) is 2.13. The van der Waals surface area contributed by atoms with Crippen LogP contribution in [-0.4, -0.2) is 19.6 Å². The van der Waals surface area contributed by atoms with Crippen molar-refractivity contribution in [2.45, 2.75) is 6.92 Å². The molecule has 5 nitrogen and oxygen atoms in total. The quantitative estimate of drug-likeness (QED) is 0.826. The number of nitrogen functional groups attached to an aromatic ring is 1. The molecule has 0 aliphatic carbocycles. The van der Waals surface area contributed by atoms with Gasteiger partial charge >= 0.3 is 0 Å². The van der Waals surface area contributed by atoms with Gasteiger partial charge in [-0.05, 0) is 37.3 Å². The predicted molar refractivity (Wildman–Crippen MR) is 88.0 cm³/mol. The van der Waals surface area contributed by atoms with E-state index in [1.807, 2.05) is 6.92 Å². The maximum absolute atomic E-state index is 12.4. The fraction of sp³-hybridized carbons (Fsp3) is 0.188. The fourth-order valence-electron chi connectivity index (χ4n) is 1.96. The minimum Gasteiger partial charge on any atom is -0.496 e. The molecule has 22 heavy (non-hydrogen) atoms. The molecule has 0 unspecified atom stereocenters. The van der Waals surface area contributed by atoms with Gasteiger partial charge in [0.15, 0.2) is 0 Å². The second-order valence-corrected chi connectivity index (χ2v) is 4.92. The van der Waals surface area contributed by atoms with Gasteiger partial charge in [0, 0.05) is 11.1 Å². The molecular weight excluding hydrogens is 304 g/mol. The summed E-state index contributed by atoms with van der Waals surface area (Å²) in [5.74, 6) is 0.736. The number of nitrogens with two attached hydrogens (primary N) is 1. The van der Waals surface area contributed by atoms with E-state index in [1.54, 1.807) is 36.4 Å². The lowest BCUT2D eigenvalue weighted by Crippen LogP contribution is -2.14.